The van der Waals surface area contributed by atoms with E-state index in [0.717, 1.165) is 28.5 Å². The van der Waals surface area contributed by atoms with Gasteiger partial charge in [0.2, 0.25) is 0 Å². The average molecular weight is 327 g/mol. The van der Waals surface area contributed by atoms with Crippen molar-refractivity contribution in [2.75, 3.05) is 5.32 Å². The number of nitrogens with two attached hydrogens (primary N) is 1. The Balaban J connectivity index is 1.43. The minimum Gasteiger partial charge on any atom is -0.370 e. The summed E-state index contributed by atoms with van der Waals surface area (Å²) in [6.07, 6.45) is 7.31. The zero-order valence-corrected chi connectivity index (χ0v) is 13.9. The summed E-state index contributed by atoms with van der Waals surface area (Å²) in [5.41, 5.74) is 9.99. The first-order chi connectivity index (χ1) is 11.3. The smallest absolute Gasteiger partial charge is 0.193 e. The van der Waals surface area contributed by atoms with Gasteiger partial charge in [0.1, 0.15) is 10.0 Å². The first-order valence-electron chi connectivity index (χ1n) is 8.29. The largest absolute Gasteiger partial charge is 0.370 e. The number of benzene rings is 1. The van der Waals surface area contributed by atoms with Crippen LogP contribution in [0, 0.1) is 0 Å². The van der Waals surface area contributed by atoms with Gasteiger partial charge in [0.15, 0.2) is 5.96 Å². The molecule has 1 heterocycles. The normalized spacial score (nSPS) is 17.8. The van der Waals surface area contributed by atoms with E-state index in [4.69, 9.17) is 5.73 Å². The van der Waals surface area contributed by atoms with Gasteiger partial charge in [0, 0.05) is 11.6 Å². The van der Waals surface area contributed by atoms with E-state index >= 15 is 0 Å². The molecule has 120 valence electrons. The van der Waals surface area contributed by atoms with Gasteiger partial charge < -0.3 is 11.1 Å². The molecule has 0 radical (unpaired) electrons. The van der Waals surface area contributed by atoms with E-state index in [1.165, 1.54) is 36.8 Å². The van der Waals surface area contributed by atoms with Crippen molar-refractivity contribution in [2.24, 2.45) is 10.7 Å². The Bertz CT molecular complexity index is 732. The van der Waals surface area contributed by atoms with Gasteiger partial charge in [-0.25, -0.2) is 4.99 Å². The van der Waals surface area contributed by atoms with Crippen LogP contribution in [-0.2, 0) is 19.4 Å². The number of anilines is 1. The van der Waals surface area contributed by atoms with E-state index < -0.39 is 0 Å². The molecule has 0 spiro atoms. The molecule has 1 saturated carbocycles. The van der Waals surface area contributed by atoms with Crippen molar-refractivity contribution in [1.82, 2.24) is 10.2 Å². The summed E-state index contributed by atoms with van der Waals surface area (Å²) in [4.78, 5) is 4.42. The summed E-state index contributed by atoms with van der Waals surface area (Å²) in [6, 6.07) is 6.39. The highest BCUT2D eigenvalue weighted by atomic mass is 32.1. The molecule has 23 heavy (non-hydrogen) atoms. The second-order valence-electron chi connectivity index (χ2n) is 6.29. The molecular formula is C17H21N5S. The Morgan fingerprint density at radius 2 is 2.13 bits per heavy atom. The Labute approximate surface area is 140 Å². The lowest BCUT2D eigenvalue weighted by Gasteiger charge is -2.19. The van der Waals surface area contributed by atoms with Crippen LogP contribution in [0.4, 0.5) is 5.69 Å². The van der Waals surface area contributed by atoms with Crippen LogP contribution in [0.3, 0.4) is 0 Å². The maximum absolute atomic E-state index is 6.06. The molecule has 0 unspecified atom stereocenters. The number of rotatable bonds is 4. The van der Waals surface area contributed by atoms with Crippen molar-refractivity contribution in [3.05, 3.63) is 39.3 Å². The van der Waals surface area contributed by atoms with Gasteiger partial charge in [-0.3, -0.25) is 0 Å². The highest BCUT2D eigenvalue weighted by molar-refractivity contribution is 7.11. The van der Waals surface area contributed by atoms with E-state index in [1.807, 2.05) is 0 Å². The molecule has 2 aromatic rings. The highest BCUT2D eigenvalue weighted by Gasteiger charge is 2.27. The van der Waals surface area contributed by atoms with Crippen molar-refractivity contribution in [3.8, 4) is 0 Å². The Morgan fingerprint density at radius 1 is 1.26 bits per heavy atom. The quantitative estimate of drug-likeness (QED) is 0.668. The van der Waals surface area contributed by atoms with Crippen LogP contribution < -0.4 is 11.1 Å². The third kappa shape index (κ3) is 3.37. The number of hydrogen-bond acceptors (Lipinski definition) is 4. The number of guanidine groups is 1. The van der Waals surface area contributed by atoms with Gasteiger partial charge in [0.25, 0.3) is 0 Å². The minimum absolute atomic E-state index is 0.451. The molecular weight excluding hydrogens is 306 g/mol. The van der Waals surface area contributed by atoms with Crippen molar-refractivity contribution >= 4 is 23.0 Å². The molecule has 1 aromatic carbocycles. The summed E-state index contributed by atoms with van der Waals surface area (Å²) in [5, 5.41) is 13.8. The summed E-state index contributed by atoms with van der Waals surface area (Å²) in [7, 11) is 0. The topological polar surface area (TPSA) is 76.2 Å². The Kier molecular flexibility index (Phi) is 3.99. The number of nitrogens with one attached hydrogen (secondary N) is 1. The summed E-state index contributed by atoms with van der Waals surface area (Å²) >= 11 is 1.66. The second-order valence-corrected chi connectivity index (χ2v) is 7.38. The standard InChI is InChI=1S/C17H21N5S/c18-17(19-10-15-21-22-16(23-15)12-8-9-12)20-14-7-3-5-11-4-1-2-6-13(11)14/h3,5,7,12H,1-2,4,6,8-10H2,(H3,18,19,20). The zero-order valence-electron chi connectivity index (χ0n) is 13.1. The van der Waals surface area contributed by atoms with Crippen molar-refractivity contribution in [1.29, 1.82) is 0 Å². The van der Waals surface area contributed by atoms with Crippen molar-refractivity contribution < 1.29 is 0 Å². The molecule has 0 aliphatic heterocycles. The SMILES string of the molecule is NC(=NCc1nnc(C2CC2)s1)Nc1cccc2c1CCCC2. The Morgan fingerprint density at radius 3 is 3.00 bits per heavy atom. The summed E-state index contributed by atoms with van der Waals surface area (Å²) < 4.78 is 0. The summed E-state index contributed by atoms with van der Waals surface area (Å²) in [5.74, 6) is 1.10. The van der Waals surface area contributed by atoms with E-state index in [9.17, 15) is 0 Å². The third-order valence-electron chi connectivity index (χ3n) is 4.45. The predicted octanol–water partition coefficient (Wildman–Crippen LogP) is 3.22. The molecule has 1 fully saturated rings. The van der Waals surface area contributed by atoms with E-state index in [-0.39, 0.29) is 0 Å². The fraction of sp³-hybridized carbons (Fsp3) is 0.471. The van der Waals surface area contributed by atoms with Gasteiger partial charge in [-0.15, -0.1) is 10.2 Å². The zero-order chi connectivity index (χ0) is 15.6. The average Bonchev–Trinajstić information content (AvgIpc) is 3.32. The fourth-order valence-corrected chi connectivity index (χ4v) is 3.99. The first-order valence-corrected chi connectivity index (χ1v) is 9.11. The number of aryl methyl sites for hydroxylation is 1. The van der Waals surface area contributed by atoms with Gasteiger partial charge in [-0.2, -0.15) is 0 Å². The van der Waals surface area contributed by atoms with Gasteiger partial charge in [-0.05, 0) is 55.7 Å². The first kappa shape index (κ1) is 14.6. The molecule has 2 aliphatic rings. The monoisotopic (exact) mass is 327 g/mol. The lowest BCUT2D eigenvalue weighted by Crippen LogP contribution is -2.24. The maximum atomic E-state index is 6.06. The molecule has 6 heteroatoms. The highest BCUT2D eigenvalue weighted by Crippen LogP contribution is 2.41. The molecule has 2 aliphatic carbocycles. The van der Waals surface area contributed by atoms with Crippen LogP contribution in [-0.4, -0.2) is 16.2 Å². The van der Waals surface area contributed by atoms with Gasteiger partial charge >= 0.3 is 0 Å². The molecule has 0 bridgehead atoms. The van der Waals surface area contributed by atoms with Crippen LogP contribution in [0.5, 0.6) is 0 Å². The van der Waals surface area contributed by atoms with Crippen LogP contribution >= 0.6 is 11.3 Å². The van der Waals surface area contributed by atoms with E-state index in [0.29, 0.717) is 18.4 Å². The van der Waals surface area contributed by atoms with Crippen LogP contribution in [0.2, 0.25) is 0 Å². The molecule has 4 rings (SSSR count). The number of hydrogen-bond donors (Lipinski definition) is 2. The lowest BCUT2D eigenvalue weighted by atomic mass is 9.90. The Hall–Kier alpha value is -1.95. The van der Waals surface area contributed by atoms with Crippen LogP contribution in [0.15, 0.2) is 23.2 Å². The lowest BCUT2D eigenvalue weighted by molar-refractivity contribution is 0.687. The number of nitrogens with zero attached hydrogens (tertiary/aromatic N) is 3. The van der Waals surface area contributed by atoms with Crippen molar-refractivity contribution in [2.45, 2.75) is 51.0 Å². The molecule has 0 saturated heterocycles. The molecule has 3 N–H and O–H groups in total. The number of fused-ring (bicyclic) bond motifs is 1. The molecule has 0 amide bonds. The predicted molar refractivity (Wildman–Crippen MR) is 93.9 cm³/mol. The minimum atomic E-state index is 0.451. The third-order valence-corrected chi connectivity index (χ3v) is 5.52. The fourth-order valence-electron chi connectivity index (χ4n) is 3.05. The van der Waals surface area contributed by atoms with Crippen molar-refractivity contribution in [3.63, 3.8) is 0 Å². The summed E-state index contributed by atoms with van der Waals surface area (Å²) in [6.45, 7) is 0.498. The molecule has 1 aromatic heterocycles. The van der Waals surface area contributed by atoms with E-state index in [2.05, 4.69) is 38.7 Å². The van der Waals surface area contributed by atoms with E-state index in [1.54, 1.807) is 11.3 Å². The van der Waals surface area contributed by atoms with Gasteiger partial charge in [-0.1, -0.05) is 23.5 Å². The van der Waals surface area contributed by atoms with Gasteiger partial charge in [0.05, 0.1) is 6.54 Å². The number of aliphatic imine (C=N–C) groups is 1. The van der Waals surface area contributed by atoms with Crippen LogP contribution in [0.25, 0.3) is 0 Å². The maximum Gasteiger partial charge on any atom is 0.193 e. The molecule has 0 atom stereocenters. The second kappa shape index (κ2) is 6.28. The number of aromatic nitrogens is 2. The molecule has 5 nitrogen and oxygen atoms in total. The van der Waals surface area contributed by atoms with Crippen LogP contribution in [0.1, 0.15) is 52.7 Å².